The molecule has 0 saturated heterocycles. The van der Waals surface area contributed by atoms with Crippen LogP contribution in [0, 0.1) is 0 Å². The summed E-state index contributed by atoms with van der Waals surface area (Å²) in [5, 5.41) is -0.492. The molecule has 3 N–H and O–H groups in total. The van der Waals surface area contributed by atoms with E-state index in [4.69, 9.17) is 5.73 Å². The first-order valence-electron chi connectivity index (χ1n) is 10.3. The Balaban J connectivity index is 1.80. The fraction of sp³-hybridized carbons (Fsp3) is 0.524. The van der Waals surface area contributed by atoms with Crippen LogP contribution in [0.3, 0.4) is 0 Å². The van der Waals surface area contributed by atoms with Gasteiger partial charge in [-0.1, -0.05) is 0 Å². The van der Waals surface area contributed by atoms with Crippen LogP contribution in [0.2, 0.25) is 0 Å². The van der Waals surface area contributed by atoms with Crippen molar-refractivity contribution in [2.45, 2.75) is 69.1 Å². The standard InChI is InChI=1S/C21H20F5N3O2S/c1-7-12(11-6-9-10(32-11)4-5-21(25,26)17(9)27)15(22)13(18(23)24)14-16(7)29(8-2-3-8)20(31)28-19(14)30/h6,8,12,15,17-18H,2-5,27H2,1H3,(H,28,30,31). The van der Waals surface area contributed by atoms with Crippen LogP contribution in [0.15, 0.2) is 15.7 Å². The maximum absolute atomic E-state index is 15.7. The molecule has 1 fully saturated rings. The number of thiophene rings is 1. The van der Waals surface area contributed by atoms with E-state index in [0.717, 1.165) is 11.3 Å². The van der Waals surface area contributed by atoms with E-state index in [-0.39, 0.29) is 33.8 Å². The van der Waals surface area contributed by atoms with Gasteiger partial charge in [-0.25, -0.2) is 26.7 Å². The number of alkyl halides is 5. The summed E-state index contributed by atoms with van der Waals surface area (Å²) in [5.41, 5.74) is 3.43. The summed E-state index contributed by atoms with van der Waals surface area (Å²) in [6.07, 6.45) is -4.63. The van der Waals surface area contributed by atoms with Crippen molar-refractivity contribution in [2.75, 3.05) is 0 Å². The van der Waals surface area contributed by atoms with Gasteiger partial charge in [-0.2, -0.15) is 0 Å². The molecule has 3 unspecified atom stereocenters. The zero-order valence-corrected chi connectivity index (χ0v) is 17.7. The number of hydrogen-bond donors (Lipinski definition) is 2. The quantitative estimate of drug-likeness (QED) is 0.671. The van der Waals surface area contributed by atoms with E-state index in [9.17, 15) is 27.2 Å². The van der Waals surface area contributed by atoms with Crippen LogP contribution in [0.1, 0.15) is 59.5 Å². The van der Waals surface area contributed by atoms with Gasteiger partial charge in [-0.15, -0.1) is 11.3 Å². The molecule has 2 aromatic rings. The highest BCUT2D eigenvalue weighted by Crippen LogP contribution is 2.47. The van der Waals surface area contributed by atoms with Crippen molar-refractivity contribution < 1.29 is 22.0 Å². The Morgan fingerprint density at radius 3 is 2.59 bits per heavy atom. The van der Waals surface area contributed by atoms with E-state index in [1.54, 1.807) is 0 Å². The van der Waals surface area contributed by atoms with Gasteiger partial charge >= 0.3 is 5.69 Å². The second kappa shape index (κ2) is 7.11. The third kappa shape index (κ3) is 3.04. The lowest BCUT2D eigenvalue weighted by molar-refractivity contribution is -0.0392. The summed E-state index contributed by atoms with van der Waals surface area (Å²) in [4.78, 5) is 27.9. The van der Waals surface area contributed by atoms with Gasteiger partial charge in [-0.05, 0) is 43.4 Å². The average molecular weight is 473 g/mol. The van der Waals surface area contributed by atoms with Crippen LogP contribution in [-0.2, 0) is 6.42 Å². The van der Waals surface area contributed by atoms with E-state index < -0.39 is 58.9 Å². The molecule has 0 aliphatic heterocycles. The highest BCUT2D eigenvalue weighted by atomic mass is 32.1. The average Bonchev–Trinajstić information content (AvgIpc) is 3.44. The predicted octanol–water partition coefficient (Wildman–Crippen LogP) is 2.24. The molecule has 1 saturated carbocycles. The van der Waals surface area contributed by atoms with Gasteiger partial charge in [0.15, 0.2) is 0 Å². The monoisotopic (exact) mass is 473 g/mol. The van der Waals surface area contributed by atoms with E-state index in [0.29, 0.717) is 17.7 Å². The van der Waals surface area contributed by atoms with Gasteiger partial charge in [0.25, 0.3) is 17.9 Å². The van der Waals surface area contributed by atoms with E-state index in [1.165, 1.54) is 17.6 Å². The molecule has 3 aliphatic carbocycles. The molecule has 5 nitrogen and oxygen atoms in total. The lowest BCUT2D eigenvalue weighted by Crippen LogP contribution is -2.59. The Kier molecular flexibility index (Phi) is 4.79. The predicted molar refractivity (Wildman–Crippen MR) is 109 cm³/mol. The zero-order valence-electron chi connectivity index (χ0n) is 16.9. The van der Waals surface area contributed by atoms with Crippen LogP contribution in [-0.4, -0.2) is 28.1 Å². The number of nitrogens with two attached hydrogens (primary N) is 1. The van der Waals surface area contributed by atoms with Crippen molar-refractivity contribution in [2.24, 2.45) is 5.73 Å². The van der Waals surface area contributed by atoms with Crippen LogP contribution in [0.25, 0.3) is 11.1 Å². The van der Waals surface area contributed by atoms with Crippen LogP contribution in [0.4, 0.5) is 22.0 Å². The molecule has 32 heavy (non-hydrogen) atoms. The number of halogens is 5. The fourth-order valence-corrected chi connectivity index (χ4v) is 6.30. The normalized spacial score (nSPS) is 26.9. The summed E-state index contributed by atoms with van der Waals surface area (Å²) < 4.78 is 73.2. The molecule has 2 heterocycles. The topological polar surface area (TPSA) is 80.9 Å². The lowest BCUT2D eigenvalue weighted by Gasteiger charge is -2.28. The molecular weight excluding hydrogens is 453 g/mol. The Labute approximate surface area is 182 Å². The minimum Gasteiger partial charge on any atom is -0.319 e. The minimum atomic E-state index is -3.27. The summed E-state index contributed by atoms with van der Waals surface area (Å²) >= 11 is 1.07. The van der Waals surface area contributed by atoms with E-state index in [1.807, 2.05) is 4.98 Å². The molecule has 3 atom stereocenters. The highest BCUT2D eigenvalue weighted by Gasteiger charge is 2.45. The molecule has 0 spiro atoms. The zero-order chi connectivity index (χ0) is 23.1. The maximum atomic E-state index is 15.7. The molecular formula is C21H20F5N3O2S. The number of aryl methyl sites for hydroxylation is 1. The van der Waals surface area contributed by atoms with Gasteiger partial charge < -0.3 is 5.73 Å². The maximum Gasteiger partial charge on any atom is 0.329 e. The summed E-state index contributed by atoms with van der Waals surface area (Å²) in [6.45, 7) is 1.50. The second-order valence-electron chi connectivity index (χ2n) is 8.67. The van der Waals surface area contributed by atoms with E-state index >= 15 is 4.39 Å². The summed E-state index contributed by atoms with van der Waals surface area (Å²) in [6, 6.07) is -0.446. The molecule has 3 aliphatic rings. The number of nitrogens with one attached hydrogen (secondary N) is 1. The number of rotatable bonds is 3. The third-order valence-electron chi connectivity index (χ3n) is 6.65. The Hall–Kier alpha value is -2.27. The molecule has 2 aromatic heterocycles. The first-order valence-corrected chi connectivity index (χ1v) is 11.1. The first kappa shape index (κ1) is 21.6. The number of nitrogens with zero attached hydrogens (tertiary/aromatic N) is 1. The number of H-pyrrole nitrogens is 1. The smallest absolute Gasteiger partial charge is 0.319 e. The Morgan fingerprint density at radius 1 is 1.28 bits per heavy atom. The number of aromatic amines is 1. The summed E-state index contributed by atoms with van der Waals surface area (Å²) in [7, 11) is 0. The van der Waals surface area contributed by atoms with Gasteiger partial charge in [0.05, 0.1) is 22.5 Å². The molecule has 11 heteroatoms. The molecule has 5 rings (SSSR count). The van der Waals surface area contributed by atoms with Crippen molar-refractivity contribution in [3.63, 3.8) is 0 Å². The molecule has 0 radical (unpaired) electrons. The fourth-order valence-electron chi connectivity index (χ4n) is 4.90. The van der Waals surface area contributed by atoms with Gasteiger partial charge in [0, 0.05) is 27.8 Å². The minimum absolute atomic E-state index is 0.0106. The first-order chi connectivity index (χ1) is 15.0. The molecule has 0 bridgehead atoms. The SMILES string of the molecule is CC1=c2c(c(=O)[nH]c(=O)n2C2CC2)=C(C(F)F)C(F)C1c1cc2c(s1)CCC(F)(F)C2N. The van der Waals surface area contributed by atoms with Crippen LogP contribution < -0.4 is 27.6 Å². The third-order valence-corrected chi connectivity index (χ3v) is 7.95. The van der Waals surface area contributed by atoms with Crippen LogP contribution >= 0.6 is 11.3 Å². The van der Waals surface area contributed by atoms with Gasteiger partial charge in [-0.3, -0.25) is 14.3 Å². The molecule has 0 aromatic carbocycles. The van der Waals surface area contributed by atoms with Crippen molar-refractivity contribution in [1.29, 1.82) is 0 Å². The van der Waals surface area contributed by atoms with Crippen LogP contribution in [0.5, 0.6) is 0 Å². The van der Waals surface area contributed by atoms with Crippen molar-refractivity contribution in [3.8, 4) is 0 Å². The number of aromatic nitrogens is 2. The Morgan fingerprint density at radius 2 is 1.97 bits per heavy atom. The summed E-state index contributed by atoms with van der Waals surface area (Å²) in [5.74, 6) is -4.34. The van der Waals surface area contributed by atoms with Crippen molar-refractivity contribution in [3.05, 3.63) is 52.8 Å². The molecule has 0 amide bonds. The van der Waals surface area contributed by atoms with Crippen molar-refractivity contribution >= 4 is 22.5 Å². The largest absolute Gasteiger partial charge is 0.329 e. The number of fused-ring (bicyclic) bond motifs is 2. The number of hydrogen-bond acceptors (Lipinski definition) is 4. The van der Waals surface area contributed by atoms with Gasteiger partial charge in [0.1, 0.15) is 6.17 Å². The van der Waals surface area contributed by atoms with E-state index in [2.05, 4.69) is 0 Å². The lowest BCUT2D eigenvalue weighted by atomic mass is 9.83. The highest BCUT2D eigenvalue weighted by molar-refractivity contribution is 7.12. The Bertz CT molecular complexity index is 1350. The second-order valence-corrected chi connectivity index (χ2v) is 9.84. The van der Waals surface area contributed by atoms with Crippen molar-refractivity contribution in [1.82, 2.24) is 9.55 Å². The van der Waals surface area contributed by atoms with Gasteiger partial charge in [0.2, 0.25) is 0 Å². The molecule has 172 valence electrons.